The van der Waals surface area contributed by atoms with E-state index < -0.39 is 30.0 Å². The summed E-state index contributed by atoms with van der Waals surface area (Å²) in [6.45, 7) is 3.20. The Bertz CT molecular complexity index is 820. The second kappa shape index (κ2) is 7.73. The highest BCUT2D eigenvalue weighted by Gasteiger charge is 2.31. The predicted octanol–water partition coefficient (Wildman–Crippen LogP) is 3.47. The number of aromatic nitrogens is 1. The van der Waals surface area contributed by atoms with Gasteiger partial charge in [0, 0.05) is 0 Å². The first kappa shape index (κ1) is 19.7. The third-order valence-corrected chi connectivity index (χ3v) is 4.58. The molecule has 10 heteroatoms. The first-order valence-electron chi connectivity index (χ1n) is 7.40. The maximum atomic E-state index is 12.2. The molecule has 0 aliphatic heterocycles. The van der Waals surface area contributed by atoms with Crippen molar-refractivity contribution >= 4 is 23.2 Å². The maximum Gasteiger partial charge on any atom is 0.573 e. The Morgan fingerprint density at radius 2 is 2.08 bits per heavy atom. The number of aryl methyl sites for hydroxylation is 1. The minimum Gasteiger partial charge on any atom is -0.477 e. The molecule has 1 unspecified atom stereocenters. The van der Waals surface area contributed by atoms with E-state index in [0.717, 1.165) is 23.5 Å². The molecule has 1 amide bonds. The molecule has 2 N–H and O–H groups in total. The fourth-order valence-corrected chi connectivity index (χ4v) is 3.10. The van der Waals surface area contributed by atoms with Crippen molar-refractivity contribution in [3.05, 3.63) is 45.4 Å². The van der Waals surface area contributed by atoms with Gasteiger partial charge in [-0.3, -0.25) is 4.79 Å². The molecule has 6 nitrogen and oxygen atoms in total. The highest BCUT2D eigenvalue weighted by molar-refractivity contribution is 7.13. The van der Waals surface area contributed by atoms with Crippen molar-refractivity contribution in [2.45, 2.75) is 32.7 Å². The van der Waals surface area contributed by atoms with Crippen LogP contribution in [0.5, 0.6) is 5.75 Å². The summed E-state index contributed by atoms with van der Waals surface area (Å²) in [5, 5.41) is 12.1. The number of carbonyl (C=O) groups excluding carboxylic acids is 1. The summed E-state index contributed by atoms with van der Waals surface area (Å²) < 4.78 is 40.5. The monoisotopic (exact) mass is 388 g/mol. The second-order valence-electron chi connectivity index (χ2n) is 5.43. The first-order chi connectivity index (χ1) is 12.0. The van der Waals surface area contributed by atoms with Gasteiger partial charge < -0.3 is 15.2 Å². The van der Waals surface area contributed by atoms with Crippen LogP contribution in [0.1, 0.15) is 38.9 Å². The number of carboxylic acids is 1. The SMILES string of the molecule is Cc1nc(C(C)NC(=O)Cc2cccc(OC(F)(F)F)c2)sc1C(=O)O. The zero-order valence-electron chi connectivity index (χ0n) is 13.8. The summed E-state index contributed by atoms with van der Waals surface area (Å²) in [6, 6.07) is 4.60. The van der Waals surface area contributed by atoms with Crippen LogP contribution in [-0.2, 0) is 11.2 Å². The number of nitrogens with zero attached hydrogens (tertiary/aromatic N) is 1. The van der Waals surface area contributed by atoms with Gasteiger partial charge in [-0.05, 0) is 31.5 Å². The third-order valence-electron chi connectivity index (χ3n) is 3.25. The van der Waals surface area contributed by atoms with E-state index in [2.05, 4.69) is 15.0 Å². The van der Waals surface area contributed by atoms with Crippen LogP contribution in [0, 0.1) is 6.92 Å². The normalized spacial score (nSPS) is 12.5. The van der Waals surface area contributed by atoms with Crippen molar-refractivity contribution in [2.75, 3.05) is 0 Å². The highest BCUT2D eigenvalue weighted by atomic mass is 32.1. The van der Waals surface area contributed by atoms with Gasteiger partial charge in [0.1, 0.15) is 15.6 Å². The van der Waals surface area contributed by atoms with Gasteiger partial charge >= 0.3 is 12.3 Å². The van der Waals surface area contributed by atoms with Gasteiger partial charge in [0.05, 0.1) is 18.2 Å². The fraction of sp³-hybridized carbons (Fsp3) is 0.312. The minimum atomic E-state index is -4.81. The van der Waals surface area contributed by atoms with Crippen LogP contribution < -0.4 is 10.1 Å². The lowest BCUT2D eigenvalue weighted by Crippen LogP contribution is -2.28. The van der Waals surface area contributed by atoms with E-state index >= 15 is 0 Å². The molecule has 1 aromatic heterocycles. The van der Waals surface area contributed by atoms with Crippen LogP contribution in [0.25, 0.3) is 0 Å². The number of alkyl halides is 3. The number of hydrogen-bond acceptors (Lipinski definition) is 5. The molecule has 0 spiro atoms. The lowest BCUT2D eigenvalue weighted by Gasteiger charge is -2.12. The van der Waals surface area contributed by atoms with Crippen LogP contribution in [-0.4, -0.2) is 28.3 Å². The number of aromatic carboxylic acids is 1. The smallest absolute Gasteiger partial charge is 0.477 e. The van der Waals surface area contributed by atoms with E-state index in [1.54, 1.807) is 13.8 Å². The summed E-state index contributed by atoms with van der Waals surface area (Å²) in [7, 11) is 0. The van der Waals surface area contributed by atoms with Crippen molar-refractivity contribution in [1.29, 1.82) is 0 Å². The van der Waals surface area contributed by atoms with Crippen molar-refractivity contribution in [2.24, 2.45) is 0 Å². The number of ether oxygens (including phenoxy) is 1. The van der Waals surface area contributed by atoms with Crippen LogP contribution >= 0.6 is 11.3 Å². The Kier molecular flexibility index (Phi) is 5.86. The van der Waals surface area contributed by atoms with Gasteiger partial charge in [0.25, 0.3) is 0 Å². The van der Waals surface area contributed by atoms with Gasteiger partial charge in [0.2, 0.25) is 5.91 Å². The summed E-state index contributed by atoms with van der Waals surface area (Å²) >= 11 is 0.962. The van der Waals surface area contributed by atoms with E-state index in [0.29, 0.717) is 16.3 Å². The molecule has 0 radical (unpaired) electrons. The number of carbonyl (C=O) groups is 2. The Morgan fingerprint density at radius 1 is 1.38 bits per heavy atom. The fourth-order valence-electron chi connectivity index (χ4n) is 2.19. The van der Waals surface area contributed by atoms with E-state index in [9.17, 15) is 22.8 Å². The van der Waals surface area contributed by atoms with Gasteiger partial charge in [-0.25, -0.2) is 9.78 Å². The second-order valence-corrected chi connectivity index (χ2v) is 6.46. The molecule has 1 aromatic carbocycles. The van der Waals surface area contributed by atoms with E-state index in [1.165, 1.54) is 12.1 Å². The predicted molar refractivity (Wildman–Crippen MR) is 87.2 cm³/mol. The van der Waals surface area contributed by atoms with Crippen LogP contribution in [0.2, 0.25) is 0 Å². The first-order valence-corrected chi connectivity index (χ1v) is 8.21. The highest BCUT2D eigenvalue weighted by Crippen LogP contribution is 2.25. The van der Waals surface area contributed by atoms with Gasteiger partial charge in [-0.2, -0.15) is 0 Å². The molecule has 0 saturated carbocycles. The molecule has 140 valence electrons. The van der Waals surface area contributed by atoms with Gasteiger partial charge in [-0.1, -0.05) is 12.1 Å². The van der Waals surface area contributed by atoms with Crippen molar-refractivity contribution in [3.8, 4) is 5.75 Å². The summed E-state index contributed by atoms with van der Waals surface area (Å²) in [5.74, 6) is -1.94. The number of benzene rings is 1. The number of halogens is 3. The van der Waals surface area contributed by atoms with E-state index in [-0.39, 0.29) is 11.3 Å². The van der Waals surface area contributed by atoms with Crippen LogP contribution in [0.3, 0.4) is 0 Å². The summed E-state index contributed by atoms with van der Waals surface area (Å²) in [6.07, 6.45) is -4.96. The lowest BCUT2D eigenvalue weighted by molar-refractivity contribution is -0.274. The molecule has 1 heterocycles. The molecule has 0 fully saturated rings. The topological polar surface area (TPSA) is 88.5 Å². The average molecular weight is 388 g/mol. The Morgan fingerprint density at radius 3 is 2.65 bits per heavy atom. The quantitative estimate of drug-likeness (QED) is 0.791. The molecule has 2 aromatic rings. The van der Waals surface area contributed by atoms with Crippen molar-refractivity contribution in [3.63, 3.8) is 0 Å². The number of rotatable bonds is 6. The average Bonchev–Trinajstić information content (AvgIpc) is 2.88. The maximum absolute atomic E-state index is 12.2. The molecule has 0 bridgehead atoms. The minimum absolute atomic E-state index is 0.0955. The lowest BCUT2D eigenvalue weighted by atomic mass is 10.1. The number of hydrogen-bond donors (Lipinski definition) is 2. The molecule has 0 aliphatic carbocycles. The molecule has 1 atom stereocenters. The number of carboxylic acid groups (broad SMARTS) is 1. The molecule has 0 saturated heterocycles. The van der Waals surface area contributed by atoms with Crippen molar-refractivity contribution in [1.82, 2.24) is 10.3 Å². The third kappa shape index (κ3) is 5.45. The number of nitrogens with one attached hydrogen (secondary N) is 1. The Balaban J connectivity index is 2.01. The summed E-state index contributed by atoms with van der Waals surface area (Å²) in [5.41, 5.74) is 0.702. The van der Waals surface area contributed by atoms with Crippen LogP contribution in [0.4, 0.5) is 13.2 Å². The summed E-state index contributed by atoms with van der Waals surface area (Å²) in [4.78, 5) is 27.4. The van der Waals surface area contributed by atoms with Crippen LogP contribution in [0.15, 0.2) is 24.3 Å². The van der Waals surface area contributed by atoms with Gasteiger partial charge in [0.15, 0.2) is 0 Å². The van der Waals surface area contributed by atoms with E-state index in [1.807, 2.05) is 0 Å². The Labute approximate surface area is 150 Å². The van der Waals surface area contributed by atoms with Gasteiger partial charge in [-0.15, -0.1) is 24.5 Å². The zero-order valence-corrected chi connectivity index (χ0v) is 14.6. The van der Waals surface area contributed by atoms with Crippen molar-refractivity contribution < 1.29 is 32.6 Å². The molecular weight excluding hydrogens is 373 g/mol. The number of thiazole rings is 1. The number of amides is 1. The zero-order chi connectivity index (χ0) is 19.5. The molecule has 2 rings (SSSR count). The van der Waals surface area contributed by atoms with E-state index in [4.69, 9.17) is 5.11 Å². The standard InChI is InChI=1S/C16H15F3N2O4S/c1-8-13(15(23)24)26-14(21-8)9(2)20-12(22)7-10-4-3-5-11(6-10)25-16(17,18)19/h3-6,9H,7H2,1-2H3,(H,20,22)(H,23,24). The molecule has 0 aliphatic rings. The Hall–Kier alpha value is -2.62. The molecule has 26 heavy (non-hydrogen) atoms. The molecular formula is C16H15F3N2O4S. The largest absolute Gasteiger partial charge is 0.573 e.